The molecule has 0 aliphatic carbocycles. The Balaban J connectivity index is 2.02. The van der Waals surface area contributed by atoms with Crippen molar-refractivity contribution in [2.24, 2.45) is 0 Å². The molecule has 2 rings (SSSR count). The Morgan fingerprint density at radius 1 is 1.19 bits per heavy atom. The lowest BCUT2D eigenvalue weighted by Gasteiger charge is -2.11. The molecule has 3 nitrogen and oxygen atoms in total. The molecule has 0 saturated heterocycles. The van der Waals surface area contributed by atoms with E-state index in [1.54, 1.807) is 32.3 Å². The fourth-order valence-corrected chi connectivity index (χ4v) is 2.15. The molecule has 2 aromatic carbocycles. The van der Waals surface area contributed by atoms with Crippen LogP contribution in [0.15, 0.2) is 42.5 Å². The largest absolute Gasteiger partial charge is 0.381 e. The van der Waals surface area contributed by atoms with Crippen LogP contribution in [0.3, 0.4) is 0 Å². The van der Waals surface area contributed by atoms with Gasteiger partial charge in [-0.25, -0.2) is 4.39 Å². The average molecular weight is 307 g/mol. The number of halogens is 2. The molecule has 0 fully saturated rings. The number of nitrogens with zero attached hydrogens (tertiary/aromatic N) is 1. The molecule has 0 unspecified atom stereocenters. The minimum absolute atomic E-state index is 0.0431. The third-order valence-electron chi connectivity index (χ3n) is 2.96. The van der Waals surface area contributed by atoms with Gasteiger partial charge in [0.05, 0.1) is 0 Å². The Bertz CT molecular complexity index is 621. The number of carbonyl (C=O) groups excluding carboxylic acids is 1. The number of rotatable bonds is 4. The van der Waals surface area contributed by atoms with Crippen LogP contribution in [-0.4, -0.2) is 24.9 Å². The summed E-state index contributed by atoms with van der Waals surface area (Å²) in [4.78, 5) is 13.3. The number of carbonyl (C=O) groups is 1. The zero-order valence-electron chi connectivity index (χ0n) is 11.9. The molecule has 0 spiro atoms. The van der Waals surface area contributed by atoms with Gasteiger partial charge in [-0.05, 0) is 48.0 Å². The van der Waals surface area contributed by atoms with Crippen LogP contribution in [-0.2, 0) is 6.54 Å². The number of nitrogens with one attached hydrogen (secondary N) is 1. The second kappa shape index (κ2) is 6.59. The van der Waals surface area contributed by atoms with Gasteiger partial charge in [0, 0.05) is 36.9 Å². The van der Waals surface area contributed by atoms with Crippen molar-refractivity contribution < 1.29 is 9.18 Å². The maximum Gasteiger partial charge on any atom is 0.253 e. The lowest BCUT2D eigenvalue weighted by molar-refractivity contribution is 0.0827. The first-order valence-electron chi connectivity index (χ1n) is 6.46. The summed E-state index contributed by atoms with van der Waals surface area (Å²) in [6.45, 7) is 0.457. The lowest BCUT2D eigenvalue weighted by Crippen LogP contribution is -2.21. The van der Waals surface area contributed by atoms with E-state index in [0.29, 0.717) is 17.1 Å². The molecule has 21 heavy (non-hydrogen) atoms. The summed E-state index contributed by atoms with van der Waals surface area (Å²) < 4.78 is 13.2. The fourth-order valence-electron chi connectivity index (χ4n) is 1.91. The Morgan fingerprint density at radius 3 is 2.43 bits per heavy atom. The molecule has 0 atom stereocenters. The van der Waals surface area contributed by atoms with Gasteiger partial charge in [0.2, 0.25) is 0 Å². The zero-order chi connectivity index (χ0) is 15.4. The number of benzene rings is 2. The third kappa shape index (κ3) is 4.20. The molecular weight excluding hydrogens is 291 g/mol. The first kappa shape index (κ1) is 15.3. The number of anilines is 1. The Hall–Kier alpha value is -2.07. The molecule has 1 N–H and O–H groups in total. The number of hydrogen-bond acceptors (Lipinski definition) is 2. The first-order valence-corrected chi connectivity index (χ1v) is 6.84. The molecule has 0 aliphatic heterocycles. The summed E-state index contributed by atoms with van der Waals surface area (Å²) >= 11 is 5.81. The summed E-state index contributed by atoms with van der Waals surface area (Å²) in [7, 11) is 3.42. The van der Waals surface area contributed by atoms with Crippen molar-refractivity contribution >= 4 is 23.2 Å². The van der Waals surface area contributed by atoms with Crippen LogP contribution in [0, 0.1) is 5.82 Å². The highest BCUT2D eigenvalue weighted by Crippen LogP contribution is 2.16. The SMILES string of the molecule is CN(C)C(=O)c1ccc(NCc2cc(F)cc(Cl)c2)cc1. The molecule has 5 heteroatoms. The van der Waals surface area contributed by atoms with Gasteiger partial charge in [0.1, 0.15) is 5.82 Å². The molecule has 0 bridgehead atoms. The lowest BCUT2D eigenvalue weighted by atomic mass is 10.1. The van der Waals surface area contributed by atoms with E-state index in [1.165, 1.54) is 17.0 Å². The van der Waals surface area contributed by atoms with Gasteiger partial charge in [0.15, 0.2) is 0 Å². The van der Waals surface area contributed by atoms with Crippen LogP contribution in [0.2, 0.25) is 5.02 Å². The van der Waals surface area contributed by atoms with E-state index >= 15 is 0 Å². The van der Waals surface area contributed by atoms with Crippen LogP contribution in [0.25, 0.3) is 0 Å². The zero-order valence-corrected chi connectivity index (χ0v) is 12.6. The normalized spacial score (nSPS) is 10.3. The quantitative estimate of drug-likeness (QED) is 0.932. The van der Waals surface area contributed by atoms with Gasteiger partial charge in [0.25, 0.3) is 5.91 Å². The van der Waals surface area contributed by atoms with Crippen LogP contribution in [0.5, 0.6) is 0 Å². The highest BCUT2D eigenvalue weighted by molar-refractivity contribution is 6.30. The fraction of sp³-hybridized carbons (Fsp3) is 0.188. The highest BCUT2D eigenvalue weighted by Gasteiger charge is 2.07. The molecule has 1 amide bonds. The third-order valence-corrected chi connectivity index (χ3v) is 3.18. The topological polar surface area (TPSA) is 32.3 Å². The number of amides is 1. The van der Waals surface area contributed by atoms with Gasteiger partial charge < -0.3 is 10.2 Å². The molecule has 0 radical (unpaired) electrons. The predicted molar refractivity (Wildman–Crippen MR) is 83.2 cm³/mol. The van der Waals surface area contributed by atoms with Gasteiger partial charge in [-0.15, -0.1) is 0 Å². The maximum atomic E-state index is 13.2. The standard InChI is InChI=1S/C16H16ClFN2O/c1-20(2)16(21)12-3-5-15(6-4-12)19-10-11-7-13(17)9-14(18)8-11/h3-9,19H,10H2,1-2H3. The van der Waals surface area contributed by atoms with Gasteiger partial charge in [-0.1, -0.05) is 11.6 Å². The summed E-state index contributed by atoms with van der Waals surface area (Å²) in [6.07, 6.45) is 0. The summed E-state index contributed by atoms with van der Waals surface area (Å²) in [5.41, 5.74) is 2.23. The molecule has 110 valence electrons. The average Bonchev–Trinajstić information content (AvgIpc) is 2.44. The Kier molecular flexibility index (Phi) is 4.81. The van der Waals surface area contributed by atoms with E-state index in [-0.39, 0.29) is 11.7 Å². The minimum atomic E-state index is -0.355. The van der Waals surface area contributed by atoms with Crippen LogP contribution >= 0.6 is 11.6 Å². The van der Waals surface area contributed by atoms with E-state index in [0.717, 1.165) is 11.3 Å². The maximum absolute atomic E-state index is 13.2. The van der Waals surface area contributed by atoms with E-state index < -0.39 is 0 Å². The monoisotopic (exact) mass is 306 g/mol. The van der Waals surface area contributed by atoms with Crippen molar-refractivity contribution in [3.8, 4) is 0 Å². The molecule has 0 heterocycles. The summed E-state index contributed by atoms with van der Waals surface area (Å²) in [5.74, 6) is -0.398. The minimum Gasteiger partial charge on any atom is -0.381 e. The van der Waals surface area contributed by atoms with E-state index in [2.05, 4.69) is 5.32 Å². The van der Waals surface area contributed by atoms with Crippen molar-refractivity contribution in [1.29, 1.82) is 0 Å². The molecule has 2 aromatic rings. The van der Waals surface area contributed by atoms with Crippen molar-refractivity contribution in [1.82, 2.24) is 4.90 Å². The van der Waals surface area contributed by atoms with Crippen molar-refractivity contribution in [3.05, 3.63) is 64.4 Å². The van der Waals surface area contributed by atoms with Gasteiger partial charge in [-0.2, -0.15) is 0 Å². The summed E-state index contributed by atoms with van der Waals surface area (Å²) in [6, 6.07) is 11.6. The highest BCUT2D eigenvalue weighted by atomic mass is 35.5. The van der Waals surface area contributed by atoms with Crippen LogP contribution < -0.4 is 5.32 Å². The van der Waals surface area contributed by atoms with Crippen molar-refractivity contribution in [3.63, 3.8) is 0 Å². The Morgan fingerprint density at radius 2 is 1.86 bits per heavy atom. The number of hydrogen-bond donors (Lipinski definition) is 1. The van der Waals surface area contributed by atoms with E-state index in [9.17, 15) is 9.18 Å². The van der Waals surface area contributed by atoms with Crippen LogP contribution in [0.1, 0.15) is 15.9 Å². The van der Waals surface area contributed by atoms with Crippen LogP contribution in [0.4, 0.5) is 10.1 Å². The van der Waals surface area contributed by atoms with E-state index in [1.807, 2.05) is 12.1 Å². The molecule has 0 aliphatic rings. The predicted octanol–water partition coefficient (Wildman–Crippen LogP) is 3.79. The molecular formula is C16H16ClFN2O. The summed E-state index contributed by atoms with van der Waals surface area (Å²) in [5, 5.41) is 3.53. The molecule has 0 saturated carbocycles. The van der Waals surface area contributed by atoms with E-state index in [4.69, 9.17) is 11.6 Å². The smallest absolute Gasteiger partial charge is 0.253 e. The second-order valence-electron chi connectivity index (χ2n) is 4.91. The first-order chi connectivity index (χ1) is 9.95. The van der Waals surface area contributed by atoms with Gasteiger partial charge in [-0.3, -0.25) is 4.79 Å². The second-order valence-corrected chi connectivity index (χ2v) is 5.34. The van der Waals surface area contributed by atoms with Crippen molar-refractivity contribution in [2.45, 2.75) is 6.54 Å². The van der Waals surface area contributed by atoms with Gasteiger partial charge >= 0.3 is 0 Å². The van der Waals surface area contributed by atoms with Crippen molar-refractivity contribution in [2.75, 3.05) is 19.4 Å². The molecule has 0 aromatic heterocycles. The Labute approximate surface area is 128 Å².